The van der Waals surface area contributed by atoms with Crippen molar-refractivity contribution in [1.82, 2.24) is 5.32 Å². The van der Waals surface area contributed by atoms with Crippen LogP contribution < -0.4 is 11.1 Å². The summed E-state index contributed by atoms with van der Waals surface area (Å²) in [7, 11) is 0. The van der Waals surface area contributed by atoms with Gasteiger partial charge in [0.05, 0.1) is 6.04 Å². The molecule has 2 aromatic carbocycles. The summed E-state index contributed by atoms with van der Waals surface area (Å²) in [5.41, 5.74) is 7.58. The van der Waals surface area contributed by atoms with E-state index < -0.39 is 0 Å². The van der Waals surface area contributed by atoms with E-state index in [0.29, 0.717) is 11.3 Å². The molecule has 19 heavy (non-hydrogen) atoms. The molecule has 98 valence electrons. The number of amides is 1. The molecule has 0 bridgehead atoms. The van der Waals surface area contributed by atoms with Crippen LogP contribution in [-0.4, -0.2) is 5.91 Å². The van der Waals surface area contributed by atoms with Crippen LogP contribution in [0.1, 0.15) is 28.9 Å². The fourth-order valence-corrected chi connectivity index (χ4v) is 1.75. The summed E-state index contributed by atoms with van der Waals surface area (Å²) in [6, 6.07) is 12.6. The van der Waals surface area contributed by atoms with E-state index in [1.54, 1.807) is 36.4 Å². The van der Waals surface area contributed by atoms with Crippen molar-refractivity contribution in [2.75, 3.05) is 5.73 Å². The molecular formula is C15H15FN2O. The third-order valence-electron chi connectivity index (χ3n) is 2.89. The molecule has 1 amide bonds. The van der Waals surface area contributed by atoms with Gasteiger partial charge in [0.25, 0.3) is 5.91 Å². The number of rotatable bonds is 3. The minimum absolute atomic E-state index is 0.183. The van der Waals surface area contributed by atoms with Gasteiger partial charge in [-0.15, -0.1) is 0 Å². The van der Waals surface area contributed by atoms with Crippen LogP contribution in [0.4, 0.5) is 10.1 Å². The van der Waals surface area contributed by atoms with Crippen LogP contribution in [0.25, 0.3) is 0 Å². The molecule has 0 saturated carbocycles. The SMILES string of the molecule is C[C@H](NC(=O)c1ccc(N)cc1)c1ccc(F)cc1. The minimum atomic E-state index is -0.291. The third kappa shape index (κ3) is 3.31. The molecule has 0 spiro atoms. The molecule has 0 aliphatic carbocycles. The first-order valence-corrected chi connectivity index (χ1v) is 5.98. The lowest BCUT2D eigenvalue weighted by Gasteiger charge is -2.14. The van der Waals surface area contributed by atoms with Gasteiger partial charge in [-0.2, -0.15) is 0 Å². The van der Waals surface area contributed by atoms with Crippen LogP contribution in [-0.2, 0) is 0 Å². The van der Waals surface area contributed by atoms with E-state index in [4.69, 9.17) is 5.73 Å². The van der Waals surface area contributed by atoms with E-state index in [2.05, 4.69) is 5.32 Å². The maximum Gasteiger partial charge on any atom is 0.251 e. The molecule has 0 unspecified atom stereocenters. The highest BCUT2D eigenvalue weighted by atomic mass is 19.1. The summed E-state index contributed by atoms with van der Waals surface area (Å²) in [4.78, 5) is 12.0. The Kier molecular flexibility index (Phi) is 3.80. The second-order valence-electron chi connectivity index (χ2n) is 4.37. The molecular weight excluding hydrogens is 243 g/mol. The standard InChI is InChI=1S/C15H15FN2O/c1-10(11-2-6-13(16)7-3-11)18-15(19)12-4-8-14(17)9-5-12/h2-10H,17H2,1H3,(H,18,19)/t10-/m0/s1. The Labute approximate surface area is 111 Å². The van der Waals surface area contributed by atoms with Crippen molar-refractivity contribution >= 4 is 11.6 Å². The summed E-state index contributed by atoms with van der Waals surface area (Å²) in [6.07, 6.45) is 0. The smallest absolute Gasteiger partial charge is 0.251 e. The third-order valence-corrected chi connectivity index (χ3v) is 2.89. The van der Waals surface area contributed by atoms with Crippen LogP contribution in [0.15, 0.2) is 48.5 Å². The van der Waals surface area contributed by atoms with E-state index in [1.165, 1.54) is 12.1 Å². The predicted octanol–water partition coefficient (Wildman–Crippen LogP) is 2.90. The zero-order valence-electron chi connectivity index (χ0n) is 10.6. The first-order chi connectivity index (χ1) is 9.06. The van der Waals surface area contributed by atoms with Gasteiger partial charge in [-0.3, -0.25) is 4.79 Å². The molecule has 0 aliphatic heterocycles. The van der Waals surface area contributed by atoms with Gasteiger partial charge in [-0.05, 0) is 48.9 Å². The van der Waals surface area contributed by atoms with E-state index in [9.17, 15) is 9.18 Å². The molecule has 2 aromatic rings. The highest BCUT2D eigenvalue weighted by Gasteiger charge is 2.11. The molecule has 0 saturated heterocycles. The van der Waals surface area contributed by atoms with Crippen LogP contribution >= 0.6 is 0 Å². The maximum atomic E-state index is 12.8. The molecule has 4 heteroatoms. The van der Waals surface area contributed by atoms with Gasteiger partial charge in [0, 0.05) is 11.3 Å². The molecule has 0 aliphatic rings. The zero-order valence-corrected chi connectivity index (χ0v) is 10.6. The van der Waals surface area contributed by atoms with Gasteiger partial charge in [-0.25, -0.2) is 4.39 Å². The van der Waals surface area contributed by atoms with Gasteiger partial charge in [0.1, 0.15) is 5.82 Å². The van der Waals surface area contributed by atoms with Gasteiger partial charge < -0.3 is 11.1 Å². The Hall–Kier alpha value is -2.36. The van der Waals surface area contributed by atoms with Gasteiger partial charge in [-0.1, -0.05) is 12.1 Å². The monoisotopic (exact) mass is 258 g/mol. The van der Waals surface area contributed by atoms with Crippen molar-refractivity contribution in [2.24, 2.45) is 0 Å². The lowest BCUT2D eigenvalue weighted by molar-refractivity contribution is 0.0940. The van der Waals surface area contributed by atoms with E-state index in [1.807, 2.05) is 6.92 Å². The Balaban J connectivity index is 2.06. The number of benzene rings is 2. The molecule has 2 rings (SSSR count). The number of hydrogen-bond acceptors (Lipinski definition) is 2. The fourth-order valence-electron chi connectivity index (χ4n) is 1.75. The molecule has 0 heterocycles. The van der Waals surface area contributed by atoms with E-state index in [0.717, 1.165) is 5.56 Å². The van der Waals surface area contributed by atoms with Gasteiger partial charge >= 0.3 is 0 Å². The summed E-state index contributed by atoms with van der Waals surface area (Å²) in [5.74, 6) is -0.474. The molecule has 0 aromatic heterocycles. The topological polar surface area (TPSA) is 55.1 Å². The molecule has 3 nitrogen and oxygen atoms in total. The zero-order chi connectivity index (χ0) is 13.8. The number of nitrogens with two attached hydrogens (primary N) is 1. The average molecular weight is 258 g/mol. The second kappa shape index (κ2) is 5.52. The normalized spacial score (nSPS) is 11.9. The second-order valence-corrected chi connectivity index (χ2v) is 4.37. The number of nitrogen functional groups attached to an aromatic ring is 1. The summed E-state index contributed by atoms with van der Waals surface area (Å²) < 4.78 is 12.8. The Morgan fingerprint density at radius 1 is 1.11 bits per heavy atom. The molecule has 0 radical (unpaired) electrons. The van der Waals surface area contributed by atoms with Crippen LogP contribution in [0.2, 0.25) is 0 Å². The van der Waals surface area contributed by atoms with Crippen molar-refractivity contribution < 1.29 is 9.18 Å². The van der Waals surface area contributed by atoms with Crippen molar-refractivity contribution in [2.45, 2.75) is 13.0 Å². The maximum absolute atomic E-state index is 12.8. The van der Waals surface area contributed by atoms with Crippen molar-refractivity contribution in [3.05, 3.63) is 65.5 Å². The van der Waals surface area contributed by atoms with Crippen LogP contribution in [0, 0.1) is 5.82 Å². The molecule has 0 fully saturated rings. The Morgan fingerprint density at radius 2 is 1.68 bits per heavy atom. The Morgan fingerprint density at radius 3 is 2.26 bits per heavy atom. The Bertz CT molecular complexity index is 564. The number of hydrogen-bond donors (Lipinski definition) is 2. The quantitative estimate of drug-likeness (QED) is 0.832. The van der Waals surface area contributed by atoms with E-state index in [-0.39, 0.29) is 17.8 Å². The average Bonchev–Trinajstić information content (AvgIpc) is 2.40. The van der Waals surface area contributed by atoms with Crippen molar-refractivity contribution in [3.8, 4) is 0 Å². The van der Waals surface area contributed by atoms with Gasteiger partial charge in [0.2, 0.25) is 0 Å². The van der Waals surface area contributed by atoms with Gasteiger partial charge in [0.15, 0.2) is 0 Å². The lowest BCUT2D eigenvalue weighted by atomic mass is 10.1. The molecule has 3 N–H and O–H groups in total. The first-order valence-electron chi connectivity index (χ1n) is 5.98. The lowest BCUT2D eigenvalue weighted by Crippen LogP contribution is -2.26. The van der Waals surface area contributed by atoms with Crippen LogP contribution in [0.3, 0.4) is 0 Å². The summed E-state index contributed by atoms with van der Waals surface area (Å²) >= 11 is 0. The molecule has 1 atom stereocenters. The highest BCUT2D eigenvalue weighted by Crippen LogP contribution is 2.14. The summed E-state index contributed by atoms with van der Waals surface area (Å²) in [6.45, 7) is 1.85. The first kappa shape index (κ1) is 13.1. The number of halogens is 1. The highest BCUT2D eigenvalue weighted by molar-refractivity contribution is 5.94. The largest absolute Gasteiger partial charge is 0.399 e. The fraction of sp³-hybridized carbons (Fsp3) is 0.133. The van der Waals surface area contributed by atoms with E-state index >= 15 is 0 Å². The number of carbonyl (C=O) groups is 1. The van der Waals surface area contributed by atoms with Crippen LogP contribution in [0.5, 0.6) is 0 Å². The number of anilines is 1. The summed E-state index contributed by atoms with van der Waals surface area (Å²) in [5, 5.41) is 2.85. The number of nitrogens with one attached hydrogen (secondary N) is 1. The predicted molar refractivity (Wildman–Crippen MR) is 73.1 cm³/mol. The van der Waals surface area contributed by atoms with Crippen molar-refractivity contribution in [3.63, 3.8) is 0 Å². The minimum Gasteiger partial charge on any atom is -0.399 e. The van der Waals surface area contributed by atoms with Crippen molar-refractivity contribution in [1.29, 1.82) is 0 Å². The number of carbonyl (C=O) groups excluding carboxylic acids is 1.